The standard InChI is InChI=1S/C24H14BrNS.C18H10BrNS.C18H11NO2S.C18H11NS.C18H15P.C12H7BrS.C6H5BNO4.C6H5I.C2H6.CH4.BHNS/c25-19-14-18-16-10-4-6-12-20(16)26(15-8-2-1-3-9-15)23(18)22-17-11-5-7-13-21(17)27-24(19)22;19-13-9-12-10-5-1-3-7-14(10)20-17(12)16-11-6-2-4-8-15(11)21-18(13)16;20-19(21)16-7-3-1-5-13(16)12-9-10-18-15(11-12)14-6-2-4-8-17(14)22-18;1-3-7-14-11(5-1)12-9-10-16-17(18(12)19-14)13-6-2-4-8-15(13)20-16;1-4-10-16(11-5-1)19(17-12-6-2-7-13-17)18-14-8-3-9-15-18;13-8-5-6-12-10(7-8)9-3-1-2-4-11(9)14-12;9-7-12-6-4-2-1-3-5(6)8(10)11;7-6-4-2-1-3-5-6;1-2;;1-2-3/h1-14H;1-9,20H;1-11H;1-10,19H;1-15H;1-7H;1-4,9H;1-5H;1-2H3;1H4;3H. The van der Waals surface area contributed by atoms with Gasteiger partial charge in [0, 0.05) is 170 Å². The Morgan fingerprint density at radius 2 is 0.743 bits per heavy atom. The molecule has 25 heteroatoms. The van der Waals surface area contributed by atoms with Crippen LogP contribution in [0.15, 0.2) is 473 Å². The Morgan fingerprint density at radius 1 is 0.372 bits per heavy atom. The Bertz CT molecular complexity index is 9500. The molecule has 0 atom stereocenters. The van der Waals surface area contributed by atoms with Gasteiger partial charge in [0.25, 0.3) is 5.69 Å². The van der Waals surface area contributed by atoms with Crippen molar-refractivity contribution in [2.75, 3.05) is 0 Å². The molecule has 20 aromatic carbocycles. The Balaban J connectivity index is 0.000000112. The summed E-state index contributed by atoms with van der Waals surface area (Å²) < 4.78 is 27.5. The maximum absolute atomic E-state index is 11.2. The summed E-state index contributed by atoms with van der Waals surface area (Å²) in [6.07, 6.45) is 0. The van der Waals surface area contributed by atoms with Gasteiger partial charge in [-0.15, -0.1) is 56.7 Å². The van der Waals surface area contributed by atoms with E-state index < -0.39 is 12.8 Å². The number of nitrogens with one attached hydrogen (secondary N) is 2. The fraction of sp³-hybridized carbons (Fsp3) is 0.0244. The van der Waals surface area contributed by atoms with Crippen molar-refractivity contribution in [1.82, 2.24) is 14.5 Å². The van der Waals surface area contributed by atoms with Crippen LogP contribution in [-0.2, 0) is 0 Å². The fourth-order valence-electron chi connectivity index (χ4n) is 18.3. The largest absolute Gasteiger partial charge is 0.354 e. The van der Waals surface area contributed by atoms with Crippen LogP contribution < -0.4 is 20.6 Å². The first-order chi connectivity index (χ1) is 72.2. The van der Waals surface area contributed by atoms with Gasteiger partial charge in [0.05, 0.1) is 46.9 Å². The third-order valence-corrected chi connectivity index (χ3v) is 35.8. The molecular formula is C123H89B2Br3IN6O6PS6. The molecule has 0 aliphatic rings. The third kappa shape index (κ3) is 22.5. The molecule has 0 aliphatic carbocycles. The molecule has 0 aliphatic heterocycles. The summed E-state index contributed by atoms with van der Waals surface area (Å²) in [6, 6.07) is 156. The molecule has 2 radical (unpaired) electrons. The maximum atomic E-state index is 11.2. The topological polar surface area (TPSA) is 165 Å². The number of H-pyrrole nitrogens is 2. The van der Waals surface area contributed by atoms with E-state index in [0.717, 1.165) is 15.4 Å². The van der Waals surface area contributed by atoms with Crippen LogP contribution in [0.3, 0.4) is 0 Å². The van der Waals surface area contributed by atoms with Crippen molar-refractivity contribution in [3.63, 3.8) is 0 Å². The Hall–Kier alpha value is -13.7. The number of nitrogens with zero attached hydrogens (tertiary/aromatic N) is 4. The van der Waals surface area contributed by atoms with E-state index in [0.29, 0.717) is 13.2 Å². The first-order valence-electron chi connectivity index (χ1n) is 46.8. The van der Waals surface area contributed by atoms with Crippen LogP contribution >= 0.6 is 148 Å². The number of rotatable bonds is 9. The number of thiophene rings is 5. The number of nitro benzene ring substituents is 2. The molecule has 28 rings (SSSR count). The quantitative estimate of drug-likeness (QED) is 0.0281. The molecular weight excluding hydrogens is 2270 g/mol. The van der Waals surface area contributed by atoms with Crippen molar-refractivity contribution < 1.29 is 19.5 Å². The summed E-state index contributed by atoms with van der Waals surface area (Å²) in [4.78, 5) is 27.9. The van der Waals surface area contributed by atoms with E-state index in [1.807, 2.05) is 108 Å². The second-order valence-corrected chi connectivity index (χ2v) is 44.8. The van der Waals surface area contributed by atoms with Gasteiger partial charge in [-0.2, -0.15) is 0 Å². The maximum Gasteiger partial charge on any atom is 0.0559 e. The van der Waals surface area contributed by atoms with Crippen molar-refractivity contribution in [3.8, 4) is 22.6 Å². The molecule has 12 nitrogen and oxygen atoms in total. The zero-order chi connectivity index (χ0) is 101. The zero-order valence-corrected chi connectivity index (χ0v) is 91.5. The predicted octanol–water partition coefficient (Wildman–Crippen LogP) is 38.6. The molecule has 0 bridgehead atoms. The van der Waals surface area contributed by atoms with Crippen LogP contribution in [-0.4, -0.2) is 44.7 Å². The minimum atomic E-state index is -0.584. The molecule has 0 unspecified atom stereocenters. The van der Waals surface area contributed by atoms with Gasteiger partial charge >= 0.3 is 38.1 Å². The van der Waals surface area contributed by atoms with E-state index in [9.17, 15) is 20.2 Å². The van der Waals surface area contributed by atoms with Crippen LogP contribution in [0.25, 0.3) is 183 Å². The Kier molecular flexibility index (Phi) is 34.5. The molecule has 148 heavy (non-hydrogen) atoms. The van der Waals surface area contributed by atoms with Gasteiger partial charge < -0.3 is 24.2 Å². The second kappa shape index (κ2) is 49.0. The number of hydrogen-bond acceptors (Lipinski definition) is 13. The molecule has 0 saturated heterocycles. The summed E-state index contributed by atoms with van der Waals surface area (Å²) in [5, 5.41) is 54.8. The molecule has 8 aromatic heterocycles. The van der Waals surface area contributed by atoms with Gasteiger partial charge in [0.1, 0.15) is 0 Å². The first-order valence-corrected chi connectivity index (χ1v) is 56.1. The Morgan fingerprint density at radius 3 is 1.26 bits per heavy atom. The number of benzene rings is 20. The molecule has 3 N–H and O–H groups in total. The van der Waals surface area contributed by atoms with Crippen LogP contribution in [0.5, 0.6) is 5.75 Å². The van der Waals surface area contributed by atoms with Gasteiger partial charge in [0.2, 0.25) is 0 Å². The zero-order valence-electron chi connectivity index (χ0n) is 78.7. The number of halogens is 4. The molecule has 0 fully saturated rings. The average Bonchev–Trinajstić information content (AvgIpc) is 1.56. The normalized spacial score (nSPS) is 10.8. The fourth-order valence-corrected chi connectivity index (χ4v) is 28.2. The molecule has 0 saturated carbocycles. The predicted molar refractivity (Wildman–Crippen MR) is 666 cm³/mol. The van der Waals surface area contributed by atoms with Gasteiger partial charge in [-0.1, -0.05) is 347 Å². The van der Waals surface area contributed by atoms with Crippen LogP contribution in [0, 0.1) is 23.8 Å². The summed E-state index contributed by atoms with van der Waals surface area (Å²) >= 11 is 25.8. The molecule has 8 heterocycles. The van der Waals surface area contributed by atoms with Gasteiger partial charge in [0.15, 0.2) is 5.75 Å². The number of aromatic amines is 2. The Labute approximate surface area is 921 Å². The smallest absolute Gasteiger partial charge is 0.0559 e. The van der Waals surface area contributed by atoms with Crippen molar-refractivity contribution >= 4 is 357 Å². The SMILES string of the molecule is Brc1cc2c3ccccc3[nH]c2c2c1sc1ccccc12.Brc1cc2c3ccccc3n(-c3ccccc3)c2c2c1sc1ccccc12.Brc1ccc2sc3ccccc3c2c1.C.CC.Ic1ccccc1.O=[N+]([O-])c1ccccc1-c1ccc2sc3ccccc3c2c1.O=[N+]([O-])c1ccccc1O[B]O.[B]=NS.c1ccc(P(c2ccccc2)c2ccccc2)cc1.c1ccc2c(c1)[nH]c1c2ccc2sc3ccccc3c21. The van der Waals surface area contributed by atoms with E-state index in [4.69, 9.17) is 5.02 Å². The van der Waals surface area contributed by atoms with Crippen LogP contribution in [0.2, 0.25) is 0 Å². The van der Waals surface area contributed by atoms with Crippen molar-refractivity contribution in [3.05, 3.63) is 492 Å². The van der Waals surface area contributed by atoms with Gasteiger partial charge in [-0.25, -0.2) is 0 Å². The second-order valence-electron chi connectivity index (χ2n) is 33.2. The van der Waals surface area contributed by atoms with Gasteiger partial charge in [-0.3, -0.25) is 20.2 Å². The minimum Gasteiger partial charge on any atom is -0.354 e. The van der Waals surface area contributed by atoms with Crippen molar-refractivity contribution in [1.29, 1.82) is 0 Å². The van der Waals surface area contributed by atoms with E-state index in [1.165, 1.54) is 213 Å². The van der Waals surface area contributed by atoms with Crippen LogP contribution in [0.1, 0.15) is 21.3 Å². The first kappa shape index (κ1) is 104. The van der Waals surface area contributed by atoms with E-state index in [2.05, 4.69) is 478 Å². The molecule has 28 aromatic rings. The van der Waals surface area contributed by atoms with E-state index in [1.54, 1.807) is 35.6 Å². The number of aromatic nitrogens is 3. The monoisotopic (exact) mass is 2350 g/mol. The van der Waals surface area contributed by atoms with Crippen LogP contribution in [0.4, 0.5) is 11.4 Å². The average molecular weight is 2360 g/mol. The molecule has 722 valence electrons. The minimum absolute atomic E-state index is 0. The van der Waals surface area contributed by atoms with Gasteiger partial charge in [-0.05, 0) is 217 Å². The summed E-state index contributed by atoms with van der Waals surface area (Å²) in [5.41, 5.74) is 10.1. The number of para-hydroxylation sites is 7. The number of hydrogen-bond donors (Lipinski definition) is 4. The van der Waals surface area contributed by atoms with E-state index >= 15 is 0 Å². The summed E-state index contributed by atoms with van der Waals surface area (Å²) in [7, 11) is 4.30. The summed E-state index contributed by atoms with van der Waals surface area (Å²) in [6.45, 7) is 4.00. The number of nitro groups is 2. The number of thiol groups is 1. The number of fused-ring (bicyclic) bond motifs is 27. The van der Waals surface area contributed by atoms with E-state index in [-0.39, 0.29) is 29.5 Å². The third-order valence-electron chi connectivity index (χ3n) is 24.5. The summed E-state index contributed by atoms with van der Waals surface area (Å²) in [5.74, 6) is 0.0185. The molecule has 0 amide bonds. The van der Waals surface area contributed by atoms with Crippen molar-refractivity contribution in [2.24, 2.45) is 4.30 Å². The van der Waals surface area contributed by atoms with Crippen molar-refractivity contribution in [2.45, 2.75) is 21.3 Å². The molecule has 0 spiro atoms.